The summed E-state index contributed by atoms with van der Waals surface area (Å²) in [4.78, 5) is 37.5. The number of fused-ring (bicyclic) bond motifs is 1. The van der Waals surface area contributed by atoms with Crippen LogP contribution < -0.4 is 21.5 Å². The third-order valence-corrected chi connectivity index (χ3v) is 5.05. The van der Waals surface area contributed by atoms with Crippen LogP contribution in [0.15, 0.2) is 44.3 Å². The Morgan fingerprint density at radius 2 is 1.94 bits per heavy atom. The molecule has 3 aromatic rings. The molecule has 0 saturated heterocycles. The number of rotatable bonds is 7. The van der Waals surface area contributed by atoms with E-state index in [4.69, 9.17) is 14.9 Å². The number of aromatic nitrogens is 1. The topological polar surface area (TPSA) is 125 Å². The average Bonchev–Trinajstić information content (AvgIpc) is 2.70. The van der Waals surface area contributed by atoms with E-state index in [1.165, 1.54) is 0 Å². The van der Waals surface area contributed by atoms with Gasteiger partial charge in [-0.15, -0.1) is 0 Å². The van der Waals surface area contributed by atoms with Crippen LogP contribution in [-0.2, 0) is 11.3 Å². The van der Waals surface area contributed by atoms with Crippen LogP contribution in [0.4, 0.5) is 0 Å². The number of pyridine rings is 1. The second-order valence-corrected chi connectivity index (χ2v) is 7.99. The molecule has 1 aromatic carbocycles. The molecule has 31 heavy (non-hydrogen) atoms. The number of nitrogens with zero attached hydrogens (tertiary/aromatic N) is 1. The molecule has 0 bridgehead atoms. The molecule has 1 amide bonds. The Hall–Kier alpha value is -3.55. The zero-order chi connectivity index (χ0) is 22.9. The van der Waals surface area contributed by atoms with Gasteiger partial charge in [0.1, 0.15) is 11.5 Å². The van der Waals surface area contributed by atoms with Gasteiger partial charge in [-0.05, 0) is 37.1 Å². The molecule has 8 heteroatoms. The second-order valence-electron chi connectivity index (χ2n) is 7.99. The first-order valence-electron chi connectivity index (χ1n) is 9.95. The molecule has 0 aliphatic carbocycles. The molecular formula is C23H26N2O6. The smallest absolute Gasteiger partial charge is 0.255 e. The molecule has 1 atom stereocenters. The predicted octanol–water partition coefficient (Wildman–Crippen LogP) is 2.64. The van der Waals surface area contributed by atoms with Crippen LogP contribution in [0.3, 0.4) is 0 Å². The van der Waals surface area contributed by atoms with Gasteiger partial charge in [-0.3, -0.25) is 14.4 Å². The lowest BCUT2D eigenvalue weighted by molar-refractivity contribution is -0.118. The number of benzene rings is 1. The van der Waals surface area contributed by atoms with Crippen LogP contribution in [-0.4, -0.2) is 22.7 Å². The van der Waals surface area contributed by atoms with Crippen molar-refractivity contribution < 1.29 is 19.1 Å². The van der Waals surface area contributed by atoms with Crippen LogP contribution in [0, 0.1) is 12.8 Å². The minimum absolute atomic E-state index is 0.153. The van der Waals surface area contributed by atoms with E-state index in [0.29, 0.717) is 23.2 Å². The third-order valence-electron chi connectivity index (χ3n) is 5.05. The Kier molecular flexibility index (Phi) is 6.19. The highest BCUT2D eigenvalue weighted by molar-refractivity contribution is 5.82. The van der Waals surface area contributed by atoms with Gasteiger partial charge in [0.05, 0.1) is 18.5 Å². The number of hydrogen-bond acceptors (Lipinski definition) is 6. The van der Waals surface area contributed by atoms with Crippen molar-refractivity contribution >= 4 is 16.8 Å². The number of carbonyl (C=O) groups is 1. The van der Waals surface area contributed by atoms with Gasteiger partial charge in [0.15, 0.2) is 5.76 Å². The Labute approximate surface area is 178 Å². The summed E-state index contributed by atoms with van der Waals surface area (Å²) in [7, 11) is 1.54. The highest BCUT2D eigenvalue weighted by atomic mass is 16.5. The summed E-state index contributed by atoms with van der Waals surface area (Å²) in [5, 5.41) is 11.1. The monoisotopic (exact) mass is 426 g/mol. The number of aryl methyl sites for hydroxylation is 1. The van der Waals surface area contributed by atoms with Crippen LogP contribution in [0.25, 0.3) is 10.9 Å². The summed E-state index contributed by atoms with van der Waals surface area (Å²) in [5.41, 5.74) is 5.35. The van der Waals surface area contributed by atoms with E-state index in [0.717, 1.165) is 6.07 Å². The Bertz CT molecular complexity index is 1260. The fourth-order valence-electron chi connectivity index (χ4n) is 3.72. The Morgan fingerprint density at radius 3 is 2.55 bits per heavy atom. The number of aromatic hydroxyl groups is 1. The highest BCUT2D eigenvalue weighted by Crippen LogP contribution is 2.33. The minimum Gasteiger partial charge on any atom is -0.502 e. The highest BCUT2D eigenvalue weighted by Gasteiger charge is 2.28. The number of nitrogens with two attached hydrogens (primary N) is 1. The second kappa shape index (κ2) is 8.67. The van der Waals surface area contributed by atoms with Crippen molar-refractivity contribution in [2.24, 2.45) is 11.7 Å². The maximum absolute atomic E-state index is 13.5. The molecule has 3 N–H and O–H groups in total. The number of ether oxygens (including phenoxy) is 1. The van der Waals surface area contributed by atoms with E-state index >= 15 is 0 Å². The van der Waals surface area contributed by atoms with Gasteiger partial charge in [0, 0.05) is 30.0 Å². The Balaban J connectivity index is 2.38. The molecule has 2 aromatic heterocycles. The standard InChI is InChI=1S/C23H26N2O6/c1-12(2)11-25-18-6-5-15(30-4)8-14(18)9-17(23(25)29)16(10-20(24)27)22-21(28)19(26)7-13(3)31-22/h5-9,12,16,28H,10-11H2,1-4H3,(H2,24,27). The lowest BCUT2D eigenvalue weighted by atomic mass is 9.91. The molecule has 0 aliphatic rings. The summed E-state index contributed by atoms with van der Waals surface area (Å²) >= 11 is 0. The summed E-state index contributed by atoms with van der Waals surface area (Å²) in [6.07, 6.45) is -0.313. The van der Waals surface area contributed by atoms with Gasteiger partial charge in [0.25, 0.3) is 5.56 Å². The van der Waals surface area contributed by atoms with Crippen LogP contribution in [0.1, 0.15) is 43.3 Å². The SMILES string of the molecule is COc1ccc2c(c1)cc(C(CC(N)=O)c1oc(C)cc(=O)c1O)c(=O)n2CC(C)C. The number of amides is 1. The van der Waals surface area contributed by atoms with Crippen molar-refractivity contribution in [2.45, 2.75) is 39.7 Å². The number of carbonyl (C=O) groups excluding carboxylic acids is 1. The van der Waals surface area contributed by atoms with E-state index in [2.05, 4.69) is 0 Å². The fraction of sp³-hybridized carbons (Fsp3) is 0.348. The van der Waals surface area contributed by atoms with Crippen molar-refractivity contribution in [2.75, 3.05) is 7.11 Å². The first-order chi connectivity index (χ1) is 14.6. The lowest BCUT2D eigenvalue weighted by Crippen LogP contribution is -2.29. The first-order valence-corrected chi connectivity index (χ1v) is 9.95. The molecular weight excluding hydrogens is 400 g/mol. The van der Waals surface area contributed by atoms with Gasteiger partial charge in [0.2, 0.25) is 17.1 Å². The van der Waals surface area contributed by atoms with Crippen molar-refractivity contribution in [1.29, 1.82) is 0 Å². The largest absolute Gasteiger partial charge is 0.502 e. The quantitative estimate of drug-likeness (QED) is 0.598. The first kappa shape index (κ1) is 22.1. The normalized spacial score (nSPS) is 12.3. The van der Waals surface area contributed by atoms with Gasteiger partial charge in [-0.1, -0.05) is 13.8 Å². The number of hydrogen-bond donors (Lipinski definition) is 2. The van der Waals surface area contributed by atoms with Gasteiger partial charge < -0.3 is 24.6 Å². The van der Waals surface area contributed by atoms with Crippen LogP contribution in [0.2, 0.25) is 0 Å². The van der Waals surface area contributed by atoms with Gasteiger partial charge in [-0.25, -0.2) is 0 Å². The van der Waals surface area contributed by atoms with E-state index in [-0.39, 0.29) is 35.0 Å². The fourth-order valence-corrected chi connectivity index (χ4v) is 3.72. The van der Waals surface area contributed by atoms with Crippen molar-refractivity contribution in [3.63, 3.8) is 0 Å². The summed E-state index contributed by atoms with van der Waals surface area (Å²) in [6, 6.07) is 8.12. The molecule has 164 valence electrons. The number of primary amides is 1. The zero-order valence-corrected chi connectivity index (χ0v) is 18.0. The molecule has 2 heterocycles. The molecule has 0 spiro atoms. The maximum atomic E-state index is 13.5. The number of methoxy groups -OCH3 is 1. The zero-order valence-electron chi connectivity index (χ0n) is 18.0. The maximum Gasteiger partial charge on any atom is 0.255 e. The third kappa shape index (κ3) is 4.47. The summed E-state index contributed by atoms with van der Waals surface area (Å²) in [6.45, 7) is 5.96. The Morgan fingerprint density at radius 1 is 1.23 bits per heavy atom. The van der Waals surface area contributed by atoms with Crippen molar-refractivity contribution in [3.8, 4) is 11.5 Å². The summed E-state index contributed by atoms with van der Waals surface area (Å²) in [5.74, 6) is -1.50. The molecule has 0 radical (unpaired) electrons. The lowest BCUT2D eigenvalue weighted by Gasteiger charge is -2.20. The van der Waals surface area contributed by atoms with Crippen molar-refractivity contribution in [3.05, 3.63) is 68.0 Å². The van der Waals surface area contributed by atoms with Crippen LogP contribution >= 0.6 is 0 Å². The average molecular weight is 426 g/mol. The molecule has 0 fully saturated rings. The molecule has 0 aliphatic heterocycles. The summed E-state index contributed by atoms with van der Waals surface area (Å²) < 4.78 is 12.5. The van der Waals surface area contributed by atoms with Crippen LogP contribution in [0.5, 0.6) is 11.5 Å². The van der Waals surface area contributed by atoms with Crippen molar-refractivity contribution in [1.82, 2.24) is 4.57 Å². The predicted molar refractivity (Wildman–Crippen MR) is 117 cm³/mol. The van der Waals surface area contributed by atoms with E-state index in [1.807, 2.05) is 13.8 Å². The molecule has 8 nitrogen and oxygen atoms in total. The minimum atomic E-state index is -1.02. The molecule has 0 saturated carbocycles. The van der Waals surface area contributed by atoms with E-state index in [9.17, 15) is 19.5 Å². The van der Waals surface area contributed by atoms with Gasteiger partial charge in [-0.2, -0.15) is 0 Å². The molecule has 1 unspecified atom stereocenters. The molecule has 3 rings (SSSR count). The van der Waals surface area contributed by atoms with E-state index in [1.54, 1.807) is 42.9 Å². The van der Waals surface area contributed by atoms with Gasteiger partial charge >= 0.3 is 0 Å². The van der Waals surface area contributed by atoms with E-state index < -0.39 is 23.0 Å².